The first kappa shape index (κ1) is 15.0. The Morgan fingerprint density at radius 3 is 2.19 bits per heavy atom. The van der Waals surface area contributed by atoms with Crippen LogP contribution in [0.25, 0.3) is 0 Å². The third-order valence-corrected chi connectivity index (χ3v) is 3.34. The Kier molecular flexibility index (Phi) is 4.23. The number of rotatable bonds is 5. The predicted molar refractivity (Wildman–Crippen MR) is 73.5 cm³/mol. The minimum Gasteiger partial charge on any atom is -0.497 e. The van der Waals surface area contributed by atoms with Crippen molar-refractivity contribution in [3.63, 3.8) is 0 Å². The fourth-order valence-corrected chi connectivity index (χ4v) is 2.17. The van der Waals surface area contributed by atoms with Crippen LogP contribution in [-0.4, -0.2) is 55.5 Å². The van der Waals surface area contributed by atoms with Crippen LogP contribution in [0, 0.1) is 0 Å². The summed E-state index contributed by atoms with van der Waals surface area (Å²) in [7, 11) is 4.76. The van der Waals surface area contributed by atoms with E-state index in [9.17, 15) is 14.4 Å². The molecule has 1 aromatic carbocycles. The van der Waals surface area contributed by atoms with Crippen molar-refractivity contribution in [2.75, 3.05) is 27.9 Å². The number of amides is 4. The summed E-state index contributed by atoms with van der Waals surface area (Å²) in [6.07, 6.45) is 0. The smallest absolute Gasteiger partial charge is 0.338 e. The Bertz CT molecular complexity index is 570. The average molecular weight is 292 g/mol. The zero-order valence-corrected chi connectivity index (χ0v) is 12.3. The molecule has 1 aliphatic rings. The van der Waals surface area contributed by atoms with Crippen LogP contribution in [0.5, 0.6) is 5.75 Å². The van der Waals surface area contributed by atoms with E-state index in [1.165, 1.54) is 7.05 Å². The lowest BCUT2D eigenvalue weighted by Gasteiger charge is -2.19. The molecule has 1 fully saturated rings. The summed E-state index contributed by atoms with van der Waals surface area (Å²) in [5.74, 6) is -0.776. The summed E-state index contributed by atoms with van der Waals surface area (Å²) in [4.78, 5) is 37.6. The van der Waals surface area contributed by atoms with Crippen molar-refractivity contribution in [1.82, 2.24) is 9.80 Å². The minimum absolute atomic E-state index is 0.153. The zero-order chi connectivity index (χ0) is 15.6. The number of benzene rings is 1. The lowest BCUT2D eigenvalue weighted by atomic mass is 10.2. The molecule has 7 nitrogen and oxygen atoms in total. The summed E-state index contributed by atoms with van der Waals surface area (Å²) < 4.78 is 5.09. The zero-order valence-electron chi connectivity index (χ0n) is 12.3. The van der Waals surface area contributed by atoms with Crippen LogP contribution in [0.15, 0.2) is 24.3 Å². The maximum Gasteiger partial charge on any atom is 0.338 e. The van der Waals surface area contributed by atoms with E-state index in [-0.39, 0.29) is 6.67 Å². The largest absolute Gasteiger partial charge is 0.497 e. The SMILES string of the molecule is COc1ccc(C[NH+](C)CN2C(=O)C(=O)N(C)C2=O)cc1. The lowest BCUT2D eigenvalue weighted by molar-refractivity contribution is -0.901. The van der Waals surface area contributed by atoms with Gasteiger partial charge in [0.15, 0.2) is 6.67 Å². The quantitative estimate of drug-likeness (QED) is 0.563. The minimum atomic E-state index is -0.780. The molecule has 1 aromatic rings. The molecule has 21 heavy (non-hydrogen) atoms. The van der Waals surface area contributed by atoms with Crippen molar-refractivity contribution >= 4 is 17.8 Å². The number of ether oxygens (including phenoxy) is 1. The maximum atomic E-state index is 11.8. The van der Waals surface area contributed by atoms with Gasteiger partial charge in [-0.2, -0.15) is 0 Å². The Morgan fingerprint density at radius 1 is 1.10 bits per heavy atom. The van der Waals surface area contributed by atoms with Gasteiger partial charge in [0.25, 0.3) is 0 Å². The van der Waals surface area contributed by atoms with Gasteiger partial charge in [-0.15, -0.1) is 0 Å². The van der Waals surface area contributed by atoms with Crippen molar-refractivity contribution in [3.05, 3.63) is 29.8 Å². The molecule has 0 aliphatic carbocycles. The van der Waals surface area contributed by atoms with E-state index in [1.807, 2.05) is 31.3 Å². The van der Waals surface area contributed by atoms with Crippen molar-refractivity contribution in [2.45, 2.75) is 6.54 Å². The fourth-order valence-electron chi connectivity index (χ4n) is 2.17. The number of imide groups is 2. The molecule has 1 heterocycles. The Balaban J connectivity index is 1.98. The van der Waals surface area contributed by atoms with Crippen molar-refractivity contribution < 1.29 is 24.0 Å². The van der Waals surface area contributed by atoms with Crippen LogP contribution in [-0.2, 0) is 16.1 Å². The summed E-state index contributed by atoms with van der Waals surface area (Å²) in [6.45, 7) is 0.777. The van der Waals surface area contributed by atoms with E-state index < -0.39 is 17.8 Å². The Labute approximate surface area is 122 Å². The van der Waals surface area contributed by atoms with E-state index in [0.717, 1.165) is 26.0 Å². The highest BCUT2D eigenvalue weighted by atomic mass is 16.5. The first-order valence-electron chi connectivity index (χ1n) is 6.51. The highest BCUT2D eigenvalue weighted by Gasteiger charge is 2.43. The lowest BCUT2D eigenvalue weighted by Crippen LogP contribution is -3.09. The number of hydrogen-bond donors (Lipinski definition) is 1. The molecule has 1 N–H and O–H groups in total. The maximum absolute atomic E-state index is 11.8. The molecular weight excluding hydrogens is 274 g/mol. The molecule has 1 atom stereocenters. The first-order chi connectivity index (χ1) is 9.93. The van der Waals surface area contributed by atoms with E-state index in [1.54, 1.807) is 7.11 Å². The summed E-state index contributed by atoms with van der Waals surface area (Å²) in [5, 5.41) is 0. The second-order valence-corrected chi connectivity index (χ2v) is 5.02. The summed E-state index contributed by atoms with van der Waals surface area (Å²) >= 11 is 0. The standard InChI is InChI=1S/C14H17N3O4/c1-15(8-10-4-6-11(21-3)7-5-10)9-17-13(19)12(18)16(2)14(17)20/h4-7H,8-9H2,1-3H3/p+1. The van der Waals surface area contributed by atoms with E-state index in [0.29, 0.717) is 6.54 Å². The summed E-state index contributed by atoms with van der Waals surface area (Å²) in [6, 6.07) is 6.98. The van der Waals surface area contributed by atoms with Gasteiger partial charge in [-0.05, 0) is 24.3 Å². The fraction of sp³-hybridized carbons (Fsp3) is 0.357. The highest BCUT2D eigenvalue weighted by molar-refractivity contribution is 6.44. The molecule has 112 valence electrons. The highest BCUT2D eigenvalue weighted by Crippen LogP contribution is 2.10. The van der Waals surface area contributed by atoms with Crippen LogP contribution in [0.3, 0.4) is 0 Å². The van der Waals surface area contributed by atoms with Crippen LogP contribution in [0.2, 0.25) is 0 Å². The van der Waals surface area contributed by atoms with E-state index >= 15 is 0 Å². The number of likely N-dealkylation sites (N-methyl/N-ethyl adjacent to an activating group) is 1. The van der Waals surface area contributed by atoms with Gasteiger partial charge in [0, 0.05) is 12.6 Å². The van der Waals surface area contributed by atoms with Crippen LogP contribution in [0.1, 0.15) is 5.56 Å². The average Bonchev–Trinajstić information content (AvgIpc) is 2.66. The van der Waals surface area contributed by atoms with Crippen LogP contribution < -0.4 is 9.64 Å². The van der Waals surface area contributed by atoms with Crippen LogP contribution in [0.4, 0.5) is 4.79 Å². The molecule has 0 saturated carbocycles. The number of hydrogen-bond acceptors (Lipinski definition) is 4. The van der Waals surface area contributed by atoms with Gasteiger partial charge in [0.1, 0.15) is 12.3 Å². The number of urea groups is 1. The number of methoxy groups -OCH3 is 1. The molecule has 0 aromatic heterocycles. The number of carbonyl (C=O) groups excluding carboxylic acids is 3. The second kappa shape index (κ2) is 5.92. The molecular formula is C14H18N3O4+. The molecule has 0 bridgehead atoms. The van der Waals surface area contributed by atoms with Gasteiger partial charge in [0.05, 0.1) is 14.2 Å². The molecule has 1 aliphatic heterocycles. The molecule has 1 saturated heterocycles. The van der Waals surface area contributed by atoms with Crippen molar-refractivity contribution in [2.24, 2.45) is 0 Å². The molecule has 7 heteroatoms. The Hall–Kier alpha value is -2.41. The third-order valence-electron chi connectivity index (χ3n) is 3.34. The van der Waals surface area contributed by atoms with Crippen molar-refractivity contribution in [3.8, 4) is 5.75 Å². The van der Waals surface area contributed by atoms with E-state index in [2.05, 4.69) is 0 Å². The van der Waals surface area contributed by atoms with Gasteiger partial charge < -0.3 is 9.64 Å². The topological polar surface area (TPSA) is 71.4 Å². The number of carbonyl (C=O) groups is 3. The normalized spacial score (nSPS) is 16.6. The molecule has 2 rings (SSSR count). The van der Waals surface area contributed by atoms with Gasteiger partial charge in [-0.1, -0.05) is 0 Å². The number of quaternary nitrogens is 1. The predicted octanol–water partition coefficient (Wildman–Crippen LogP) is -0.912. The second-order valence-electron chi connectivity index (χ2n) is 5.02. The monoisotopic (exact) mass is 292 g/mol. The third kappa shape index (κ3) is 3.03. The van der Waals surface area contributed by atoms with Gasteiger partial charge >= 0.3 is 17.8 Å². The number of nitrogens with zero attached hydrogens (tertiary/aromatic N) is 2. The molecule has 1 unspecified atom stereocenters. The van der Waals surface area contributed by atoms with Crippen molar-refractivity contribution in [1.29, 1.82) is 0 Å². The molecule has 0 radical (unpaired) electrons. The molecule has 4 amide bonds. The Morgan fingerprint density at radius 2 is 1.71 bits per heavy atom. The molecule has 0 spiro atoms. The van der Waals surface area contributed by atoms with E-state index in [4.69, 9.17) is 4.74 Å². The van der Waals surface area contributed by atoms with Crippen LogP contribution >= 0.6 is 0 Å². The summed E-state index contributed by atoms with van der Waals surface area (Å²) in [5.41, 5.74) is 1.05. The number of nitrogens with one attached hydrogen (secondary N) is 1. The van der Waals surface area contributed by atoms with Gasteiger partial charge in [0.2, 0.25) is 0 Å². The first-order valence-corrected chi connectivity index (χ1v) is 6.51. The van der Waals surface area contributed by atoms with Gasteiger partial charge in [-0.3, -0.25) is 14.5 Å². The van der Waals surface area contributed by atoms with Gasteiger partial charge in [-0.25, -0.2) is 9.69 Å².